The van der Waals surface area contributed by atoms with Crippen LogP contribution in [0, 0.1) is 10.1 Å². The van der Waals surface area contributed by atoms with Crippen LogP contribution in [0.15, 0.2) is 36.5 Å². The minimum absolute atomic E-state index is 0.114. The van der Waals surface area contributed by atoms with E-state index in [1.807, 2.05) is 0 Å². The van der Waals surface area contributed by atoms with Gasteiger partial charge < -0.3 is 9.47 Å². The molecule has 0 unspecified atom stereocenters. The van der Waals surface area contributed by atoms with E-state index in [4.69, 9.17) is 9.47 Å². The molecule has 0 atom stereocenters. The molecule has 4 rings (SSSR count). The van der Waals surface area contributed by atoms with Crippen molar-refractivity contribution in [2.75, 3.05) is 13.2 Å². The molecule has 0 spiro atoms. The van der Waals surface area contributed by atoms with Crippen molar-refractivity contribution in [2.24, 2.45) is 0 Å². The topological polar surface area (TPSA) is 96.0 Å². The standard InChI is InChI=1S/C16H11N3O5/c20-9-12-16(10-1-3-13-14(7-10)24-6-5-23-13)17-15-4-2-11(19(21)22)8-18(12)15/h1-4,7-9H,5-6H2. The second kappa shape index (κ2) is 5.34. The largest absolute Gasteiger partial charge is 0.486 e. The molecule has 0 radical (unpaired) electrons. The minimum Gasteiger partial charge on any atom is -0.486 e. The second-order valence-corrected chi connectivity index (χ2v) is 5.19. The highest BCUT2D eigenvalue weighted by atomic mass is 16.6. The van der Waals surface area contributed by atoms with Gasteiger partial charge in [-0.15, -0.1) is 0 Å². The Hall–Kier alpha value is -3.42. The summed E-state index contributed by atoms with van der Waals surface area (Å²) in [6.45, 7) is 0.943. The molecule has 8 heteroatoms. The van der Waals surface area contributed by atoms with Crippen molar-refractivity contribution in [3.63, 3.8) is 0 Å². The molecule has 0 saturated carbocycles. The number of nitro groups is 1. The third kappa shape index (κ3) is 2.16. The molecule has 3 aromatic rings. The van der Waals surface area contributed by atoms with E-state index in [-0.39, 0.29) is 11.4 Å². The lowest BCUT2D eigenvalue weighted by atomic mass is 10.1. The van der Waals surface area contributed by atoms with Crippen molar-refractivity contribution in [3.8, 4) is 22.8 Å². The fraction of sp³-hybridized carbons (Fsp3) is 0.125. The van der Waals surface area contributed by atoms with Crippen LogP contribution in [0.3, 0.4) is 0 Å². The SMILES string of the molecule is O=Cc1c(-c2ccc3c(c2)OCCO3)nc2ccc([N+](=O)[O-])cn12. The molecule has 24 heavy (non-hydrogen) atoms. The summed E-state index contributed by atoms with van der Waals surface area (Å²) in [5.74, 6) is 1.22. The molecule has 0 aliphatic carbocycles. The maximum absolute atomic E-state index is 11.6. The molecule has 120 valence electrons. The van der Waals surface area contributed by atoms with E-state index in [1.165, 1.54) is 22.7 Å². The highest BCUT2D eigenvalue weighted by molar-refractivity contribution is 5.87. The summed E-state index contributed by atoms with van der Waals surface area (Å²) in [5, 5.41) is 10.9. The van der Waals surface area contributed by atoms with Crippen LogP contribution >= 0.6 is 0 Å². The summed E-state index contributed by atoms with van der Waals surface area (Å²) >= 11 is 0. The first-order chi connectivity index (χ1) is 11.7. The molecule has 3 heterocycles. The van der Waals surface area contributed by atoms with Crippen molar-refractivity contribution < 1.29 is 19.2 Å². The predicted octanol–water partition coefficient (Wildman–Crippen LogP) is 2.49. The molecule has 0 bridgehead atoms. The van der Waals surface area contributed by atoms with Gasteiger partial charge in [-0.1, -0.05) is 0 Å². The summed E-state index contributed by atoms with van der Waals surface area (Å²) in [7, 11) is 0. The van der Waals surface area contributed by atoms with Gasteiger partial charge in [-0.05, 0) is 24.3 Å². The molecule has 8 nitrogen and oxygen atoms in total. The first kappa shape index (κ1) is 14.2. The molecular weight excluding hydrogens is 314 g/mol. The zero-order valence-corrected chi connectivity index (χ0v) is 12.3. The van der Waals surface area contributed by atoms with Crippen molar-refractivity contribution in [1.29, 1.82) is 0 Å². The Labute approximate surface area is 135 Å². The highest BCUT2D eigenvalue weighted by Gasteiger charge is 2.19. The summed E-state index contributed by atoms with van der Waals surface area (Å²) < 4.78 is 12.4. The van der Waals surface area contributed by atoms with Crippen LogP contribution in [0.2, 0.25) is 0 Å². The maximum atomic E-state index is 11.6. The monoisotopic (exact) mass is 325 g/mol. The number of hydrogen-bond acceptors (Lipinski definition) is 6. The summed E-state index contributed by atoms with van der Waals surface area (Å²) in [6.07, 6.45) is 1.92. The average molecular weight is 325 g/mol. The van der Waals surface area contributed by atoms with Crippen LogP contribution in [0.25, 0.3) is 16.9 Å². The van der Waals surface area contributed by atoms with Crippen molar-refractivity contribution >= 4 is 17.6 Å². The Morgan fingerprint density at radius 1 is 1.17 bits per heavy atom. The number of hydrogen-bond donors (Lipinski definition) is 0. The third-order valence-corrected chi connectivity index (χ3v) is 3.78. The van der Waals surface area contributed by atoms with E-state index in [1.54, 1.807) is 18.2 Å². The first-order valence-corrected chi connectivity index (χ1v) is 7.19. The summed E-state index contributed by atoms with van der Waals surface area (Å²) in [5.41, 5.74) is 1.69. The number of benzene rings is 1. The number of nitrogens with zero attached hydrogens (tertiary/aromatic N) is 3. The fourth-order valence-corrected chi connectivity index (χ4v) is 2.68. The van der Waals surface area contributed by atoms with E-state index in [0.717, 1.165) is 0 Å². The minimum atomic E-state index is -0.516. The van der Waals surface area contributed by atoms with Crippen LogP contribution < -0.4 is 9.47 Å². The lowest BCUT2D eigenvalue weighted by Gasteiger charge is -2.18. The lowest BCUT2D eigenvalue weighted by molar-refractivity contribution is -0.385. The van der Waals surface area contributed by atoms with E-state index in [0.29, 0.717) is 47.9 Å². The van der Waals surface area contributed by atoms with Gasteiger partial charge in [0.25, 0.3) is 5.69 Å². The molecule has 0 fully saturated rings. The van der Waals surface area contributed by atoms with Gasteiger partial charge >= 0.3 is 0 Å². The summed E-state index contributed by atoms with van der Waals surface area (Å²) in [4.78, 5) is 26.4. The second-order valence-electron chi connectivity index (χ2n) is 5.19. The summed E-state index contributed by atoms with van der Waals surface area (Å²) in [6, 6.07) is 8.14. The van der Waals surface area contributed by atoms with Crippen LogP contribution in [-0.4, -0.2) is 33.8 Å². The third-order valence-electron chi connectivity index (χ3n) is 3.78. The van der Waals surface area contributed by atoms with E-state index in [2.05, 4.69) is 4.98 Å². The number of carbonyl (C=O) groups excluding carboxylic acids is 1. The fourth-order valence-electron chi connectivity index (χ4n) is 2.68. The van der Waals surface area contributed by atoms with Crippen LogP contribution in [0.5, 0.6) is 11.5 Å². The number of imidazole rings is 1. The first-order valence-electron chi connectivity index (χ1n) is 7.19. The van der Waals surface area contributed by atoms with Crippen LogP contribution in [0.1, 0.15) is 10.5 Å². The molecule has 1 aliphatic heterocycles. The molecule has 0 amide bonds. The van der Waals surface area contributed by atoms with E-state index < -0.39 is 4.92 Å². The molecule has 1 aliphatic rings. The van der Waals surface area contributed by atoms with Gasteiger partial charge in [-0.3, -0.25) is 19.3 Å². The quantitative estimate of drug-likeness (QED) is 0.417. The average Bonchev–Trinajstić information content (AvgIpc) is 2.98. The van der Waals surface area contributed by atoms with Crippen molar-refractivity contribution in [2.45, 2.75) is 0 Å². The Bertz CT molecular complexity index is 979. The molecule has 0 N–H and O–H groups in total. The molecule has 0 saturated heterocycles. The van der Waals surface area contributed by atoms with Gasteiger partial charge in [0.05, 0.1) is 11.1 Å². The van der Waals surface area contributed by atoms with Crippen molar-refractivity contribution in [1.82, 2.24) is 9.38 Å². The highest BCUT2D eigenvalue weighted by Crippen LogP contribution is 2.35. The number of aldehydes is 1. The number of carbonyl (C=O) groups is 1. The molecule has 2 aromatic heterocycles. The van der Waals surface area contributed by atoms with Crippen LogP contribution in [0.4, 0.5) is 5.69 Å². The number of fused-ring (bicyclic) bond motifs is 2. The van der Waals surface area contributed by atoms with Gasteiger partial charge in [0.1, 0.15) is 30.2 Å². The Balaban J connectivity index is 1.90. The zero-order valence-electron chi connectivity index (χ0n) is 12.3. The van der Waals surface area contributed by atoms with Gasteiger partial charge in [-0.25, -0.2) is 4.98 Å². The normalized spacial score (nSPS) is 13.0. The zero-order chi connectivity index (χ0) is 16.7. The lowest BCUT2D eigenvalue weighted by Crippen LogP contribution is -2.15. The molecule has 1 aromatic carbocycles. The van der Waals surface area contributed by atoms with E-state index in [9.17, 15) is 14.9 Å². The number of ether oxygens (including phenoxy) is 2. The van der Waals surface area contributed by atoms with Gasteiger partial charge in [-0.2, -0.15) is 0 Å². The van der Waals surface area contributed by atoms with Crippen molar-refractivity contribution in [3.05, 3.63) is 52.3 Å². The Morgan fingerprint density at radius 2 is 1.96 bits per heavy atom. The van der Waals surface area contributed by atoms with Gasteiger partial charge in [0.2, 0.25) is 0 Å². The van der Waals surface area contributed by atoms with E-state index >= 15 is 0 Å². The van der Waals surface area contributed by atoms with Gasteiger partial charge in [0, 0.05) is 11.6 Å². The number of rotatable bonds is 3. The Morgan fingerprint density at radius 3 is 2.71 bits per heavy atom. The number of aromatic nitrogens is 2. The Kier molecular flexibility index (Phi) is 3.16. The maximum Gasteiger partial charge on any atom is 0.286 e. The number of pyridine rings is 1. The smallest absolute Gasteiger partial charge is 0.286 e. The predicted molar refractivity (Wildman–Crippen MR) is 83.7 cm³/mol. The van der Waals surface area contributed by atoms with Crippen LogP contribution in [-0.2, 0) is 0 Å². The van der Waals surface area contributed by atoms with Gasteiger partial charge in [0.15, 0.2) is 17.8 Å². The molecular formula is C16H11N3O5.